The van der Waals surface area contributed by atoms with E-state index in [2.05, 4.69) is 91.5 Å². The van der Waals surface area contributed by atoms with Crippen LogP contribution in [-0.2, 0) is 13.5 Å². The quantitative estimate of drug-likeness (QED) is 0.416. The van der Waals surface area contributed by atoms with Crippen LogP contribution >= 0.6 is 0 Å². The molecule has 0 amide bonds. The summed E-state index contributed by atoms with van der Waals surface area (Å²) >= 11 is 0. The van der Waals surface area contributed by atoms with Crippen LogP contribution in [0.25, 0.3) is 32.8 Å². The van der Waals surface area contributed by atoms with Gasteiger partial charge in [0.2, 0.25) is 5.69 Å². The fourth-order valence-electron chi connectivity index (χ4n) is 4.10. The lowest BCUT2D eigenvalue weighted by molar-refractivity contribution is -0.659. The Morgan fingerprint density at radius 1 is 0.929 bits per heavy atom. The van der Waals surface area contributed by atoms with Gasteiger partial charge < -0.3 is 0 Å². The Balaban J connectivity index is 1.92. The molecule has 0 aliphatic heterocycles. The molecule has 0 atom stereocenters. The van der Waals surface area contributed by atoms with E-state index in [1.165, 1.54) is 43.9 Å². The topological polar surface area (TPSA) is 27.7 Å². The molecule has 0 aliphatic rings. The maximum atomic E-state index is 9.36. The average Bonchev–Trinajstić information content (AvgIpc) is 2.69. The second-order valence-corrected chi connectivity index (χ2v) is 8.33. The van der Waals surface area contributed by atoms with E-state index in [1.54, 1.807) is 0 Å². The number of fused-ring (bicyclic) bond motifs is 2. The number of rotatable bonds is 3. The molecule has 4 rings (SSSR count). The molecule has 3 aromatic carbocycles. The highest BCUT2D eigenvalue weighted by atomic mass is 14.9. The number of aryl methyl sites for hydroxylation is 2. The van der Waals surface area contributed by atoms with Crippen molar-refractivity contribution in [2.24, 2.45) is 12.5 Å². The summed E-state index contributed by atoms with van der Waals surface area (Å²) in [6.45, 7) is 6.19. The first-order valence-electron chi connectivity index (χ1n) is 9.71. The Hall–Kier alpha value is -3.18. The normalized spacial score (nSPS) is 11.7. The van der Waals surface area contributed by atoms with Crippen molar-refractivity contribution in [1.29, 1.82) is 5.26 Å². The Labute approximate surface area is 166 Å². The second-order valence-electron chi connectivity index (χ2n) is 8.33. The van der Waals surface area contributed by atoms with E-state index in [0.717, 1.165) is 6.42 Å². The van der Waals surface area contributed by atoms with Crippen molar-refractivity contribution in [2.75, 3.05) is 0 Å². The van der Waals surface area contributed by atoms with Crippen molar-refractivity contribution in [3.8, 4) is 17.3 Å². The highest BCUT2D eigenvalue weighted by Gasteiger charge is 2.20. The zero-order valence-electron chi connectivity index (χ0n) is 17.0. The molecule has 0 spiro atoms. The average molecular weight is 366 g/mol. The summed E-state index contributed by atoms with van der Waals surface area (Å²) in [5, 5.41) is 14.4. The molecule has 0 bridgehead atoms. The summed E-state index contributed by atoms with van der Waals surface area (Å²) in [5.41, 5.74) is 4.64. The number of aromatic nitrogens is 1. The Morgan fingerprint density at radius 2 is 1.71 bits per heavy atom. The van der Waals surface area contributed by atoms with E-state index in [1.807, 2.05) is 13.8 Å². The Bertz CT molecular complexity index is 1240. The molecular weight excluding hydrogens is 340 g/mol. The van der Waals surface area contributed by atoms with Crippen molar-refractivity contribution in [1.82, 2.24) is 0 Å². The number of hydrogen-bond donors (Lipinski definition) is 0. The van der Waals surface area contributed by atoms with Crippen molar-refractivity contribution in [3.05, 3.63) is 78.0 Å². The predicted molar refractivity (Wildman–Crippen MR) is 116 cm³/mol. The number of nitrogens with zero attached hydrogens (tertiary/aromatic N) is 2. The summed E-state index contributed by atoms with van der Waals surface area (Å²) in [6, 6.07) is 24.2. The smallest absolute Gasteiger partial charge is 0.200 e. The van der Waals surface area contributed by atoms with Crippen LogP contribution in [0.15, 0.2) is 66.9 Å². The third kappa shape index (κ3) is 3.14. The number of hydrogen-bond acceptors (Lipinski definition) is 1. The van der Waals surface area contributed by atoms with E-state index in [4.69, 9.17) is 0 Å². The SMILES string of the molecule is Cc1c(-c2c3ccc(CC(C)(C)C#N)cc3cc[n+]2C)ccc2ccccc12. The fraction of sp³-hybridized carbons (Fsp3) is 0.231. The van der Waals surface area contributed by atoms with Crippen LogP contribution < -0.4 is 4.57 Å². The van der Waals surface area contributed by atoms with Crippen LogP contribution in [0.1, 0.15) is 25.0 Å². The van der Waals surface area contributed by atoms with Gasteiger partial charge in [0.1, 0.15) is 7.05 Å². The maximum Gasteiger partial charge on any atom is 0.220 e. The van der Waals surface area contributed by atoms with Crippen molar-refractivity contribution < 1.29 is 4.57 Å². The Morgan fingerprint density at radius 3 is 2.50 bits per heavy atom. The van der Waals surface area contributed by atoms with Crippen LogP contribution in [0.5, 0.6) is 0 Å². The largest absolute Gasteiger partial charge is 0.220 e. The summed E-state index contributed by atoms with van der Waals surface area (Å²) in [4.78, 5) is 0. The standard InChI is InChI=1S/C26H25N2/c1-18-22-8-6-5-7-20(22)10-12-23(18)25-24-11-9-19(16-26(2,3)17-27)15-21(24)13-14-28(25)4/h5-15H,16H2,1-4H3/q+1. The first-order chi connectivity index (χ1) is 13.4. The molecule has 1 heterocycles. The van der Waals surface area contributed by atoms with Gasteiger partial charge in [0.15, 0.2) is 6.20 Å². The molecule has 0 saturated carbocycles. The molecule has 0 fully saturated rings. The van der Waals surface area contributed by atoms with Crippen LogP contribution in [0.3, 0.4) is 0 Å². The van der Waals surface area contributed by atoms with Gasteiger partial charge in [-0.05, 0) is 66.6 Å². The summed E-state index contributed by atoms with van der Waals surface area (Å²) in [6.07, 6.45) is 2.89. The van der Waals surface area contributed by atoms with Crippen molar-refractivity contribution in [3.63, 3.8) is 0 Å². The molecule has 2 nitrogen and oxygen atoms in total. The minimum absolute atomic E-state index is 0.356. The lowest BCUT2D eigenvalue weighted by Crippen LogP contribution is -2.30. The summed E-state index contributed by atoms with van der Waals surface area (Å²) in [5.74, 6) is 0. The molecule has 1 aromatic heterocycles. The summed E-state index contributed by atoms with van der Waals surface area (Å²) < 4.78 is 2.21. The molecule has 0 saturated heterocycles. The Kier molecular flexibility index (Phi) is 4.40. The third-order valence-electron chi connectivity index (χ3n) is 5.60. The molecule has 138 valence electrons. The minimum Gasteiger partial charge on any atom is -0.200 e. The molecule has 0 aliphatic carbocycles. The van der Waals surface area contributed by atoms with Gasteiger partial charge in [-0.2, -0.15) is 5.26 Å². The fourth-order valence-corrected chi connectivity index (χ4v) is 4.10. The van der Waals surface area contributed by atoms with Crippen LogP contribution in [0, 0.1) is 23.7 Å². The summed E-state index contributed by atoms with van der Waals surface area (Å²) in [7, 11) is 2.11. The van der Waals surface area contributed by atoms with Gasteiger partial charge in [0.25, 0.3) is 0 Å². The molecule has 4 aromatic rings. The second kappa shape index (κ2) is 6.77. The zero-order chi connectivity index (χ0) is 19.9. The van der Waals surface area contributed by atoms with E-state index in [9.17, 15) is 5.26 Å². The predicted octanol–water partition coefficient (Wildman–Crippen LogP) is 5.89. The minimum atomic E-state index is -0.356. The first-order valence-corrected chi connectivity index (χ1v) is 9.71. The molecule has 2 heteroatoms. The highest BCUT2D eigenvalue weighted by molar-refractivity contribution is 5.98. The van der Waals surface area contributed by atoms with Gasteiger partial charge in [0, 0.05) is 6.07 Å². The van der Waals surface area contributed by atoms with Gasteiger partial charge in [0.05, 0.1) is 22.4 Å². The maximum absolute atomic E-state index is 9.36. The van der Waals surface area contributed by atoms with Gasteiger partial charge in [-0.1, -0.05) is 42.5 Å². The number of nitriles is 1. The van der Waals surface area contributed by atoms with Crippen molar-refractivity contribution in [2.45, 2.75) is 27.2 Å². The zero-order valence-corrected chi connectivity index (χ0v) is 17.0. The molecule has 0 unspecified atom stereocenters. The molecular formula is C26H25N2+. The van der Waals surface area contributed by atoms with E-state index < -0.39 is 0 Å². The van der Waals surface area contributed by atoms with Gasteiger partial charge >= 0.3 is 0 Å². The highest BCUT2D eigenvalue weighted by Crippen LogP contribution is 2.33. The lowest BCUT2D eigenvalue weighted by Gasteiger charge is -2.16. The van der Waals surface area contributed by atoms with Crippen LogP contribution in [-0.4, -0.2) is 0 Å². The third-order valence-corrected chi connectivity index (χ3v) is 5.60. The number of pyridine rings is 1. The molecule has 28 heavy (non-hydrogen) atoms. The van der Waals surface area contributed by atoms with E-state index in [0.29, 0.717) is 0 Å². The molecule has 0 N–H and O–H groups in total. The first kappa shape index (κ1) is 18.2. The molecule has 0 radical (unpaired) electrons. The number of benzene rings is 3. The van der Waals surface area contributed by atoms with E-state index in [-0.39, 0.29) is 5.41 Å². The van der Waals surface area contributed by atoms with E-state index >= 15 is 0 Å². The van der Waals surface area contributed by atoms with Gasteiger partial charge in [-0.15, -0.1) is 0 Å². The van der Waals surface area contributed by atoms with Gasteiger partial charge in [-0.3, -0.25) is 0 Å². The van der Waals surface area contributed by atoms with Crippen LogP contribution in [0.2, 0.25) is 0 Å². The monoisotopic (exact) mass is 365 g/mol. The van der Waals surface area contributed by atoms with Gasteiger partial charge in [-0.25, -0.2) is 4.57 Å². The lowest BCUT2D eigenvalue weighted by atomic mass is 9.86. The van der Waals surface area contributed by atoms with Crippen LogP contribution in [0.4, 0.5) is 0 Å². The van der Waals surface area contributed by atoms with Crippen molar-refractivity contribution >= 4 is 21.5 Å².